The first kappa shape index (κ1) is 17.5. The van der Waals surface area contributed by atoms with E-state index in [-0.39, 0.29) is 29.5 Å². The number of carbonyl (C=O) groups is 2. The van der Waals surface area contributed by atoms with Gasteiger partial charge < -0.3 is 9.80 Å². The zero-order chi connectivity index (χ0) is 18.5. The Balaban J connectivity index is 1.58. The summed E-state index contributed by atoms with van der Waals surface area (Å²) in [6, 6.07) is 11.1. The highest BCUT2D eigenvalue weighted by molar-refractivity contribution is 5.95. The topological polar surface area (TPSA) is 96.7 Å². The van der Waals surface area contributed by atoms with E-state index in [1.165, 1.54) is 18.2 Å². The number of hydrogen-bond donors (Lipinski definition) is 0. The summed E-state index contributed by atoms with van der Waals surface area (Å²) in [6.07, 6.45) is 1.89. The second-order valence-electron chi connectivity index (χ2n) is 5.98. The standard InChI is InChI=1S/C18H18N4O4/c23-17(13-15-5-1-2-7-19-15)20-8-10-21(11-9-20)18(24)14-4-3-6-16(12-14)22(25)26/h1-7,12H,8-11,13H2. The highest BCUT2D eigenvalue weighted by Crippen LogP contribution is 2.16. The number of pyridine rings is 1. The molecule has 26 heavy (non-hydrogen) atoms. The van der Waals surface area contributed by atoms with E-state index in [1.807, 2.05) is 6.07 Å². The predicted octanol–water partition coefficient (Wildman–Crippen LogP) is 1.52. The number of nitrogens with zero attached hydrogens (tertiary/aromatic N) is 4. The monoisotopic (exact) mass is 354 g/mol. The van der Waals surface area contributed by atoms with Gasteiger partial charge in [-0.1, -0.05) is 12.1 Å². The van der Waals surface area contributed by atoms with E-state index in [4.69, 9.17) is 0 Å². The van der Waals surface area contributed by atoms with Crippen LogP contribution in [0.2, 0.25) is 0 Å². The summed E-state index contributed by atoms with van der Waals surface area (Å²) in [5.74, 6) is -0.281. The van der Waals surface area contributed by atoms with Crippen LogP contribution in [-0.4, -0.2) is 57.7 Å². The van der Waals surface area contributed by atoms with E-state index in [2.05, 4.69) is 4.98 Å². The van der Waals surface area contributed by atoms with E-state index < -0.39 is 4.92 Å². The number of hydrogen-bond acceptors (Lipinski definition) is 5. The maximum Gasteiger partial charge on any atom is 0.270 e. The van der Waals surface area contributed by atoms with Gasteiger partial charge in [-0.2, -0.15) is 0 Å². The number of aromatic nitrogens is 1. The van der Waals surface area contributed by atoms with Crippen molar-refractivity contribution in [2.45, 2.75) is 6.42 Å². The molecule has 0 N–H and O–H groups in total. The number of amides is 2. The van der Waals surface area contributed by atoms with Crippen molar-refractivity contribution in [2.24, 2.45) is 0 Å². The minimum absolute atomic E-state index is 0.0221. The molecule has 1 aliphatic heterocycles. The Bertz CT molecular complexity index is 817. The average Bonchev–Trinajstić information content (AvgIpc) is 2.68. The summed E-state index contributed by atoms with van der Waals surface area (Å²) in [4.78, 5) is 42.7. The van der Waals surface area contributed by atoms with E-state index in [1.54, 1.807) is 34.2 Å². The van der Waals surface area contributed by atoms with Gasteiger partial charge in [-0.25, -0.2) is 0 Å². The van der Waals surface area contributed by atoms with Crippen LogP contribution in [0.15, 0.2) is 48.7 Å². The zero-order valence-corrected chi connectivity index (χ0v) is 14.1. The van der Waals surface area contributed by atoms with Gasteiger partial charge in [0.25, 0.3) is 11.6 Å². The lowest BCUT2D eigenvalue weighted by molar-refractivity contribution is -0.384. The molecule has 1 aromatic carbocycles. The molecule has 1 fully saturated rings. The number of non-ortho nitro benzene ring substituents is 1. The maximum atomic E-state index is 12.5. The average molecular weight is 354 g/mol. The van der Waals surface area contributed by atoms with Crippen molar-refractivity contribution in [1.82, 2.24) is 14.8 Å². The summed E-state index contributed by atoms with van der Waals surface area (Å²) in [5.41, 5.74) is 0.889. The highest BCUT2D eigenvalue weighted by Gasteiger charge is 2.25. The van der Waals surface area contributed by atoms with Gasteiger partial charge in [-0.05, 0) is 18.2 Å². The number of benzene rings is 1. The third kappa shape index (κ3) is 4.02. The second kappa shape index (κ2) is 7.73. The van der Waals surface area contributed by atoms with E-state index >= 15 is 0 Å². The van der Waals surface area contributed by atoms with Gasteiger partial charge >= 0.3 is 0 Å². The largest absolute Gasteiger partial charge is 0.339 e. The van der Waals surface area contributed by atoms with Crippen molar-refractivity contribution < 1.29 is 14.5 Å². The SMILES string of the molecule is O=C(Cc1ccccn1)N1CCN(C(=O)c2cccc([N+](=O)[O-])c2)CC1. The minimum Gasteiger partial charge on any atom is -0.339 e. The Kier molecular flexibility index (Phi) is 5.21. The third-order valence-corrected chi connectivity index (χ3v) is 4.28. The first-order chi connectivity index (χ1) is 12.5. The van der Waals surface area contributed by atoms with Crippen LogP contribution in [0, 0.1) is 10.1 Å². The molecule has 1 aliphatic rings. The molecule has 2 aromatic rings. The van der Waals surface area contributed by atoms with Gasteiger partial charge in [0.2, 0.25) is 5.91 Å². The molecule has 1 saturated heterocycles. The Morgan fingerprint density at radius 3 is 2.42 bits per heavy atom. The lowest BCUT2D eigenvalue weighted by atomic mass is 10.1. The molecule has 0 spiro atoms. The molecule has 8 nitrogen and oxygen atoms in total. The summed E-state index contributed by atoms with van der Waals surface area (Å²) in [7, 11) is 0. The van der Waals surface area contributed by atoms with E-state index in [9.17, 15) is 19.7 Å². The molecule has 2 amide bonds. The van der Waals surface area contributed by atoms with E-state index in [0.717, 1.165) is 0 Å². The molecule has 1 aromatic heterocycles. The molecule has 0 atom stereocenters. The van der Waals surface area contributed by atoms with Gasteiger partial charge in [0.15, 0.2) is 0 Å². The molecule has 0 radical (unpaired) electrons. The van der Waals surface area contributed by atoms with Crippen molar-refractivity contribution in [3.05, 3.63) is 70.0 Å². The van der Waals surface area contributed by atoms with Gasteiger partial charge in [-0.3, -0.25) is 24.7 Å². The molecule has 0 bridgehead atoms. The summed E-state index contributed by atoms with van der Waals surface area (Å²) >= 11 is 0. The second-order valence-corrected chi connectivity index (χ2v) is 5.98. The van der Waals surface area contributed by atoms with Crippen molar-refractivity contribution in [3.8, 4) is 0 Å². The molecule has 134 valence electrons. The zero-order valence-electron chi connectivity index (χ0n) is 14.1. The Labute approximate surface area is 150 Å². The minimum atomic E-state index is -0.523. The van der Waals surface area contributed by atoms with Crippen LogP contribution in [-0.2, 0) is 11.2 Å². The summed E-state index contributed by atoms with van der Waals surface area (Å²) < 4.78 is 0. The van der Waals surface area contributed by atoms with Crippen molar-refractivity contribution in [2.75, 3.05) is 26.2 Å². The van der Waals surface area contributed by atoms with Crippen molar-refractivity contribution >= 4 is 17.5 Å². The third-order valence-electron chi connectivity index (χ3n) is 4.28. The number of nitro groups is 1. The molecule has 0 aliphatic carbocycles. The highest BCUT2D eigenvalue weighted by atomic mass is 16.6. The van der Waals surface area contributed by atoms with Crippen LogP contribution in [0.25, 0.3) is 0 Å². The van der Waals surface area contributed by atoms with Gasteiger partial charge in [0.1, 0.15) is 0 Å². The molecular formula is C18H18N4O4. The molecule has 0 unspecified atom stereocenters. The smallest absolute Gasteiger partial charge is 0.270 e. The van der Waals surface area contributed by atoms with E-state index in [0.29, 0.717) is 31.9 Å². The van der Waals surface area contributed by atoms with Crippen LogP contribution >= 0.6 is 0 Å². The fourth-order valence-electron chi connectivity index (χ4n) is 2.86. The van der Waals surface area contributed by atoms with Gasteiger partial charge in [0.05, 0.1) is 11.3 Å². The Morgan fingerprint density at radius 1 is 1.04 bits per heavy atom. The van der Waals surface area contributed by atoms with Crippen LogP contribution in [0.5, 0.6) is 0 Å². The first-order valence-corrected chi connectivity index (χ1v) is 8.26. The quantitative estimate of drug-likeness (QED) is 0.612. The number of carbonyl (C=O) groups excluding carboxylic acids is 2. The predicted molar refractivity (Wildman–Crippen MR) is 93.5 cm³/mol. The lowest BCUT2D eigenvalue weighted by Gasteiger charge is -2.34. The summed E-state index contributed by atoms with van der Waals surface area (Å²) in [6.45, 7) is 1.67. The summed E-state index contributed by atoms with van der Waals surface area (Å²) in [5, 5.41) is 10.9. The molecule has 3 rings (SSSR count). The fraction of sp³-hybridized carbons (Fsp3) is 0.278. The maximum absolute atomic E-state index is 12.5. The number of piperazine rings is 1. The normalized spacial score (nSPS) is 14.2. The lowest BCUT2D eigenvalue weighted by Crippen LogP contribution is -2.51. The van der Waals surface area contributed by atoms with Gasteiger partial charge in [0, 0.05) is 55.8 Å². The van der Waals surface area contributed by atoms with Crippen LogP contribution in [0.3, 0.4) is 0 Å². The Morgan fingerprint density at radius 2 is 1.77 bits per heavy atom. The van der Waals surface area contributed by atoms with Crippen molar-refractivity contribution in [3.63, 3.8) is 0 Å². The molecule has 0 saturated carbocycles. The molecule has 8 heteroatoms. The molecule has 2 heterocycles. The van der Waals surface area contributed by atoms with Crippen LogP contribution in [0.1, 0.15) is 16.1 Å². The Hall–Kier alpha value is -3.29. The van der Waals surface area contributed by atoms with Crippen LogP contribution < -0.4 is 0 Å². The fourth-order valence-corrected chi connectivity index (χ4v) is 2.86. The number of rotatable bonds is 4. The first-order valence-electron chi connectivity index (χ1n) is 8.26. The van der Waals surface area contributed by atoms with Crippen LogP contribution in [0.4, 0.5) is 5.69 Å². The van der Waals surface area contributed by atoms with Gasteiger partial charge in [-0.15, -0.1) is 0 Å². The number of nitro benzene ring substituents is 1. The molecular weight excluding hydrogens is 336 g/mol. The van der Waals surface area contributed by atoms with Crippen molar-refractivity contribution in [1.29, 1.82) is 0 Å².